The summed E-state index contributed by atoms with van der Waals surface area (Å²) in [5.41, 5.74) is 0. The summed E-state index contributed by atoms with van der Waals surface area (Å²) in [5, 5.41) is 0. The summed E-state index contributed by atoms with van der Waals surface area (Å²) in [4.78, 5) is 2.29. The summed E-state index contributed by atoms with van der Waals surface area (Å²) in [7, 11) is 0. The Kier molecular flexibility index (Phi) is 6.34. The van der Waals surface area contributed by atoms with Gasteiger partial charge in [-0.05, 0) is 40.5 Å². The molecule has 0 saturated carbocycles. The van der Waals surface area contributed by atoms with Crippen molar-refractivity contribution in [2.45, 2.75) is 12.8 Å². The highest BCUT2D eigenvalue weighted by Crippen LogP contribution is 2.32. The van der Waals surface area contributed by atoms with Crippen LogP contribution in [0, 0.1) is 0 Å². The van der Waals surface area contributed by atoms with Gasteiger partial charge in [0.1, 0.15) is 11.5 Å². The molecule has 8 heteroatoms. The van der Waals surface area contributed by atoms with Crippen molar-refractivity contribution in [2.75, 3.05) is 39.5 Å². The lowest BCUT2D eigenvalue weighted by molar-refractivity contribution is -0.274. The fourth-order valence-electron chi connectivity index (χ4n) is 2.09. The Hall–Kier alpha value is -0.990. The summed E-state index contributed by atoms with van der Waals surface area (Å²) in [6.45, 7) is 4.77. The van der Waals surface area contributed by atoms with Crippen molar-refractivity contribution in [2.24, 2.45) is 0 Å². The lowest BCUT2D eigenvalue weighted by atomic mass is 10.3. The quantitative estimate of drug-likeness (QED) is 0.704. The van der Waals surface area contributed by atoms with Crippen molar-refractivity contribution >= 4 is 15.9 Å². The van der Waals surface area contributed by atoms with Gasteiger partial charge in [-0.25, -0.2) is 0 Å². The topological polar surface area (TPSA) is 30.9 Å². The van der Waals surface area contributed by atoms with Crippen molar-refractivity contribution in [3.8, 4) is 11.5 Å². The minimum absolute atomic E-state index is 0.278. The highest BCUT2D eigenvalue weighted by molar-refractivity contribution is 9.10. The average Bonchev–Trinajstić information content (AvgIpc) is 2.45. The molecule has 0 bridgehead atoms. The molecule has 1 aromatic rings. The van der Waals surface area contributed by atoms with Crippen molar-refractivity contribution in [1.29, 1.82) is 0 Å². The zero-order chi connectivity index (χ0) is 16.0. The van der Waals surface area contributed by atoms with Crippen LogP contribution in [0.5, 0.6) is 11.5 Å². The van der Waals surface area contributed by atoms with E-state index in [-0.39, 0.29) is 5.75 Å². The van der Waals surface area contributed by atoms with Gasteiger partial charge in [-0.2, -0.15) is 0 Å². The Morgan fingerprint density at radius 2 is 1.95 bits per heavy atom. The molecular weight excluding hydrogens is 367 g/mol. The normalized spacial score (nSPS) is 16.5. The first-order valence-corrected chi connectivity index (χ1v) is 7.71. The molecule has 124 valence electrons. The van der Waals surface area contributed by atoms with E-state index in [1.165, 1.54) is 18.2 Å². The van der Waals surface area contributed by atoms with Crippen molar-refractivity contribution in [3.63, 3.8) is 0 Å². The lowest BCUT2D eigenvalue weighted by Gasteiger charge is -2.26. The van der Waals surface area contributed by atoms with Crippen LogP contribution >= 0.6 is 15.9 Å². The molecule has 4 nitrogen and oxygen atoms in total. The summed E-state index contributed by atoms with van der Waals surface area (Å²) >= 11 is 3.18. The predicted octanol–water partition coefficient (Wildman–Crippen LogP) is 3.45. The van der Waals surface area contributed by atoms with Crippen LogP contribution in [-0.2, 0) is 4.74 Å². The monoisotopic (exact) mass is 383 g/mol. The van der Waals surface area contributed by atoms with Crippen LogP contribution in [0.3, 0.4) is 0 Å². The molecule has 0 N–H and O–H groups in total. The van der Waals surface area contributed by atoms with Crippen LogP contribution in [0.15, 0.2) is 22.7 Å². The zero-order valence-electron chi connectivity index (χ0n) is 11.9. The second kappa shape index (κ2) is 8.03. The number of nitrogens with zero attached hydrogens (tertiary/aromatic N) is 1. The standard InChI is InChI=1S/C14H17BrF3NO3/c15-12-10-11(22-14(16,17)18)2-3-13(12)21-7-1-4-19-5-8-20-9-6-19/h2-3,10H,1,4-9H2. The van der Waals surface area contributed by atoms with Gasteiger partial charge in [-0.15, -0.1) is 13.2 Å². The lowest BCUT2D eigenvalue weighted by Crippen LogP contribution is -2.37. The fraction of sp³-hybridized carbons (Fsp3) is 0.571. The van der Waals surface area contributed by atoms with Crippen molar-refractivity contribution < 1.29 is 27.4 Å². The van der Waals surface area contributed by atoms with Crippen LogP contribution in [0.4, 0.5) is 13.2 Å². The van der Waals surface area contributed by atoms with Gasteiger partial charge in [0.2, 0.25) is 0 Å². The molecule has 0 radical (unpaired) electrons. The van der Waals surface area contributed by atoms with E-state index in [1.54, 1.807) is 0 Å². The molecule has 22 heavy (non-hydrogen) atoms. The Morgan fingerprint density at radius 1 is 1.23 bits per heavy atom. The first kappa shape index (κ1) is 17.4. The molecule has 1 aliphatic rings. The number of ether oxygens (including phenoxy) is 3. The van der Waals surface area contributed by atoms with E-state index < -0.39 is 6.36 Å². The van der Waals surface area contributed by atoms with E-state index >= 15 is 0 Å². The van der Waals surface area contributed by atoms with Gasteiger partial charge in [0.25, 0.3) is 0 Å². The smallest absolute Gasteiger partial charge is 0.492 e. The number of halogens is 4. The minimum atomic E-state index is -4.69. The Morgan fingerprint density at radius 3 is 2.59 bits per heavy atom. The van der Waals surface area contributed by atoms with Gasteiger partial charge in [0.15, 0.2) is 0 Å². The molecule has 0 spiro atoms. The van der Waals surface area contributed by atoms with Gasteiger partial charge in [-0.1, -0.05) is 0 Å². The van der Waals surface area contributed by atoms with Crippen LogP contribution in [0.2, 0.25) is 0 Å². The molecule has 2 rings (SSSR count). The Bertz CT molecular complexity index is 479. The van der Waals surface area contributed by atoms with Crippen molar-refractivity contribution in [1.82, 2.24) is 4.90 Å². The van der Waals surface area contributed by atoms with E-state index in [1.807, 2.05) is 0 Å². The largest absolute Gasteiger partial charge is 0.573 e. The number of morpholine rings is 1. The SMILES string of the molecule is FC(F)(F)Oc1ccc(OCCCN2CCOCC2)c(Br)c1. The molecular formula is C14H17BrF3NO3. The summed E-state index contributed by atoms with van der Waals surface area (Å²) in [5.74, 6) is 0.219. The summed E-state index contributed by atoms with van der Waals surface area (Å²) < 4.78 is 51.5. The summed E-state index contributed by atoms with van der Waals surface area (Å²) in [6, 6.07) is 3.93. The van der Waals surface area contributed by atoms with Crippen LogP contribution < -0.4 is 9.47 Å². The molecule has 1 fully saturated rings. The average molecular weight is 384 g/mol. The maximum Gasteiger partial charge on any atom is 0.573 e. The molecule has 0 unspecified atom stereocenters. The Balaban J connectivity index is 1.75. The van der Waals surface area contributed by atoms with Crippen LogP contribution in [0.1, 0.15) is 6.42 Å². The third-order valence-electron chi connectivity index (χ3n) is 3.12. The van der Waals surface area contributed by atoms with E-state index in [0.717, 1.165) is 39.3 Å². The molecule has 1 aromatic carbocycles. The van der Waals surface area contributed by atoms with E-state index in [0.29, 0.717) is 16.8 Å². The second-order valence-electron chi connectivity index (χ2n) is 4.80. The predicted molar refractivity (Wildman–Crippen MR) is 78.2 cm³/mol. The minimum Gasteiger partial charge on any atom is -0.492 e. The third kappa shape index (κ3) is 6.02. The zero-order valence-corrected chi connectivity index (χ0v) is 13.5. The highest BCUT2D eigenvalue weighted by atomic mass is 79.9. The van der Waals surface area contributed by atoms with Gasteiger partial charge in [0, 0.05) is 19.6 Å². The number of alkyl halides is 3. The van der Waals surface area contributed by atoms with E-state index in [9.17, 15) is 13.2 Å². The third-order valence-corrected chi connectivity index (χ3v) is 3.74. The number of rotatable bonds is 6. The van der Waals surface area contributed by atoms with Crippen LogP contribution in [0.25, 0.3) is 0 Å². The molecule has 1 saturated heterocycles. The molecule has 0 amide bonds. The highest BCUT2D eigenvalue weighted by Gasteiger charge is 2.31. The van der Waals surface area contributed by atoms with Gasteiger partial charge in [0.05, 0.1) is 24.3 Å². The van der Waals surface area contributed by atoms with Crippen LogP contribution in [-0.4, -0.2) is 50.7 Å². The van der Waals surface area contributed by atoms with E-state index in [2.05, 4.69) is 25.6 Å². The first-order valence-electron chi connectivity index (χ1n) is 6.92. The number of benzene rings is 1. The molecule has 0 atom stereocenters. The van der Waals surface area contributed by atoms with Gasteiger partial charge >= 0.3 is 6.36 Å². The maximum absolute atomic E-state index is 12.1. The number of hydrogen-bond acceptors (Lipinski definition) is 4. The molecule has 1 aliphatic heterocycles. The van der Waals surface area contributed by atoms with Gasteiger partial charge < -0.3 is 14.2 Å². The second-order valence-corrected chi connectivity index (χ2v) is 5.65. The molecule has 0 aromatic heterocycles. The molecule has 1 heterocycles. The summed E-state index contributed by atoms with van der Waals surface area (Å²) in [6.07, 6.45) is -3.85. The maximum atomic E-state index is 12.1. The Labute approximate surface area is 135 Å². The van der Waals surface area contributed by atoms with Crippen molar-refractivity contribution in [3.05, 3.63) is 22.7 Å². The first-order chi connectivity index (χ1) is 10.4. The fourth-order valence-corrected chi connectivity index (χ4v) is 2.56. The van der Waals surface area contributed by atoms with Gasteiger partial charge in [-0.3, -0.25) is 4.90 Å². The molecule has 0 aliphatic carbocycles. The van der Waals surface area contributed by atoms with E-state index in [4.69, 9.17) is 9.47 Å². The number of hydrogen-bond donors (Lipinski definition) is 0.